The van der Waals surface area contributed by atoms with Crippen molar-refractivity contribution in [1.82, 2.24) is 9.78 Å². The van der Waals surface area contributed by atoms with Gasteiger partial charge in [0.15, 0.2) is 0 Å². The van der Waals surface area contributed by atoms with Gasteiger partial charge in [-0.25, -0.2) is 0 Å². The molecule has 0 aliphatic carbocycles. The Morgan fingerprint density at radius 2 is 2.15 bits per heavy atom. The fourth-order valence-electron chi connectivity index (χ4n) is 1.90. The Bertz CT molecular complexity index is 667. The minimum Gasteiger partial charge on any atom is -0.395 e. The maximum Gasteiger partial charge on any atom is 0.276 e. The topological polar surface area (TPSA) is 72.9 Å². The second kappa shape index (κ2) is 5.97. The van der Waals surface area contributed by atoms with E-state index in [1.807, 2.05) is 25.1 Å². The second-order valence-corrected chi connectivity index (χ2v) is 6.03. The Kier molecular flexibility index (Phi) is 4.49. The van der Waals surface area contributed by atoms with Gasteiger partial charge in [-0.15, -0.1) is 0 Å². The number of halogens is 2. The van der Waals surface area contributed by atoms with Crippen LogP contribution in [-0.2, 0) is 13.5 Å². The van der Waals surface area contributed by atoms with Gasteiger partial charge in [0.05, 0.1) is 17.1 Å². The van der Waals surface area contributed by atoms with Crippen LogP contribution in [0.15, 0.2) is 27.1 Å². The lowest BCUT2D eigenvalue weighted by Crippen LogP contribution is -2.18. The van der Waals surface area contributed by atoms with Crippen LogP contribution in [0.25, 0.3) is 0 Å². The number of benzene rings is 1. The average Bonchev–Trinajstić information content (AvgIpc) is 2.68. The molecule has 0 spiro atoms. The van der Waals surface area contributed by atoms with E-state index in [0.29, 0.717) is 23.5 Å². The lowest BCUT2D eigenvalue weighted by molar-refractivity contribution is 0.101. The number of nitrogens with zero attached hydrogens (tertiary/aromatic N) is 2. The monoisotopic (exact) mass is 400 g/mol. The Hall–Kier alpha value is -1.34. The Balaban J connectivity index is 2.33. The van der Waals surface area contributed by atoms with Gasteiger partial charge in [-0.1, -0.05) is 22.9 Å². The maximum atomic E-state index is 12.4. The van der Waals surface area contributed by atoms with Gasteiger partial charge in [-0.3, -0.25) is 9.48 Å². The Morgan fingerprint density at radius 1 is 1.45 bits per heavy atom. The van der Waals surface area contributed by atoms with Crippen molar-refractivity contribution in [1.29, 1.82) is 0 Å². The number of rotatable bonds is 3. The summed E-state index contributed by atoms with van der Waals surface area (Å²) in [4.78, 5) is 12.4. The van der Waals surface area contributed by atoms with Crippen LogP contribution in [0, 0.1) is 0 Å². The van der Waals surface area contributed by atoms with Gasteiger partial charge < -0.3 is 11.1 Å². The van der Waals surface area contributed by atoms with Crippen molar-refractivity contribution in [3.05, 3.63) is 38.5 Å². The van der Waals surface area contributed by atoms with E-state index in [-0.39, 0.29) is 5.91 Å². The number of aryl methyl sites for hydroxylation is 2. The third-order valence-corrected chi connectivity index (χ3v) is 4.07. The molecule has 0 unspecified atom stereocenters. The van der Waals surface area contributed by atoms with E-state index in [0.717, 1.165) is 14.6 Å². The molecule has 0 fully saturated rings. The molecular formula is C13H14Br2N4O. The molecule has 106 valence electrons. The molecule has 0 radical (unpaired) electrons. The minimum atomic E-state index is -0.281. The number of anilines is 2. The summed E-state index contributed by atoms with van der Waals surface area (Å²) in [7, 11) is 1.71. The molecule has 0 aliphatic heterocycles. The Labute approximate surface area is 133 Å². The molecule has 5 nitrogen and oxygen atoms in total. The molecule has 7 heteroatoms. The molecular weight excluding hydrogens is 388 g/mol. The molecule has 20 heavy (non-hydrogen) atoms. The summed E-state index contributed by atoms with van der Waals surface area (Å²) in [6.07, 6.45) is 0.688. The number of hydrogen-bond acceptors (Lipinski definition) is 3. The number of carbonyl (C=O) groups is 1. The summed E-state index contributed by atoms with van der Waals surface area (Å²) in [6.45, 7) is 1.95. The van der Waals surface area contributed by atoms with Crippen LogP contribution in [0.2, 0.25) is 0 Å². The van der Waals surface area contributed by atoms with E-state index in [2.05, 4.69) is 42.3 Å². The zero-order chi connectivity index (χ0) is 14.9. The molecule has 0 saturated heterocycles. The molecule has 0 aliphatic rings. The first-order valence-corrected chi connectivity index (χ1v) is 7.60. The van der Waals surface area contributed by atoms with Gasteiger partial charge in [-0.2, -0.15) is 5.10 Å². The summed E-state index contributed by atoms with van der Waals surface area (Å²) in [5.74, 6) is -0.281. The van der Waals surface area contributed by atoms with Gasteiger partial charge in [0.25, 0.3) is 5.91 Å². The van der Waals surface area contributed by atoms with E-state index < -0.39 is 0 Å². The summed E-state index contributed by atoms with van der Waals surface area (Å²) < 4.78 is 3.18. The predicted molar refractivity (Wildman–Crippen MR) is 86.8 cm³/mol. The average molecular weight is 402 g/mol. The van der Waals surface area contributed by atoms with Crippen LogP contribution in [0.1, 0.15) is 23.1 Å². The van der Waals surface area contributed by atoms with Crippen LogP contribution < -0.4 is 11.1 Å². The number of amides is 1. The molecule has 2 aromatic rings. The lowest BCUT2D eigenvalue weighted by atomic mass is 10.2. The first-order chi connectivity index (χ1) is 9.43. The van der Waals surface area contributed by atoms with E-state index in [1.165, 1.54) is 4.68 Å². The molecule has 3 N–H and O–H groups in total. The third kappa shape index (κ3) is 2.88. The fraction of sp³-hybridized carbons (Fsp3) is 0.231. The highest BCUT2D eigenvalue weighted by Gasteiger charge is 2.19. The van der Waals surface area contributed by atoms with Crippen LogP contribution >= 0.6 is 31.9 Å². The van der Waals surface area contributed by atoms with E-state index in [9.17, 15) is 4.79 Å². The van der Waals surface area contributed by atoms with Crippen molar-refractivity contribution in [3.8, 4) is 0 Å². The number of carbonyl (C=O) groups excluding carboxylic acids is 1. The molecule has 1 aromatic heterocycles. The summed E-state index contributed by atoms with van der Waals surface area (Å²) in [5, 5.41) is 7.07. The van der Waals surface area contributed by atoms with Crippen molar-refractivity contribution in [2.45, 2.75) is 13.3 Å². The lowest BCUT2D eigenvalue weighted by Gasteiger charge is -2.08. The largest absolute Gasteiger partial charge is 0.395 e. The zero-order valence-electron chi connectivity index (χ0n) is 11.1. The van der Waals surface area contributed by atoms with Gasteiger partial charge >= 0.3 is 0 Å². The SMILES string of the molecule is CCc1nn(C)c(C(=O)Nc2cc(Br)ccc2Br)c1N. The molecule has 1 aromatic carbocycles. The quantitative estimate of drug-likeness (QED) is 0.828. The van der Waals surface area contributed by atoms with Gasteiger partial charge in [0, 0.05) is 16.0 Å². The smallest absolute Gasteiger partial charge is 0.276 e. The van der Waals surface area contributed by atoms with Crippen molar-refractivity contribution in [3.63, 3.8) is 0 Å². The first kappa shape index (κ1) is 15.1. The van der Waals surface area contributed by atoms with Crippen LogP contribution in [0.5, 0.6) is 0 Å². The van der Waals surface area contributed by atoms with Crippen LogP contribution in [-0.4, -0.2) is 15.7 Å². The molecule has 2 rings (SSSR count). The molecule has 1 amide bonds. The summed E-state index contributed by atoms with van der Waals surface area (Å²) in [6, 6.07) is 5.55. The minimum absolute atomic E-state index is 0.281. The standard InChI is InChI=1S/C13H14Br2N4O/c1-3-9-11(16)12(19(2)18-9)13(20)17-10-6-7(14)4-5-8(10)15/h4-6H,3,16H2,1-2H3,(H,17,20). The van der Waals surface area contributed by atoms with Gasteiger partial charge in [0.2, 0.25) is 0 Å². The number of hydrogen-bond donors (Lipinski definition) is 2. The highest BCUT2D eigenvalue weighted by molar-refractivity contribution is 9.11. The second-order valence-electron chi connectivity index (χ2n) is 4.26. The van der Waals surface area contributed by atoms with Gasteiger partial charge in [-0.05, 0) is 40.5 Å². The zero-order valence-corrected chi connectivity index (χ0v) is 14.2. The molecule has 0 saturated carbocycles. The van der Waals surface area contributed by atoms with Crippen LogP contribution in [0.4, 0.5) is 11.4 Å². The molecule has 0 atom stereocenters. The third-order valence-electron chi connectivity index (χ3n) is 2.89. The summed E-state index contributed by atoms with van der Waals surface area (Å²) in [5.41, 5.74) is 8.17. The summed E-state index contributed by atoms with van der Waals surface area (Å²) >= 11 is 6.77. The predicted octanol–water partition coefficient (Wildman–Crippen LogP) is 3.34. The Morgan fingerprint density at radius 3 is 2.75 bits per heavy atom. The van der Waals surface area contributed by atoms with E-state index in [1.54, 1.807) is 7.05 Å². The van der Waals surface area contributed by atoms with Crippen molar-refractivity contribution in [2.75, 3.05) is 11.1 Å². The van der Waals surface area contributed by atoms with E-state index >= 15 is 0 Å². The maximum absolute atomic E-state index is 12.4. The molecule has 0 bridgehead atoms. The number of nitrogens with one attached hydrogen (secondary N) is 1. The van der Waals surface area contributed by atoms with Crippen molar-refractivity contribution in [2.24, 2.45) is 7.05 Å². The molecule has 1 heterocycles. The first-order valence-electron chi connectivity index (χ1n) is 6.01. The number of nitrogens with two attached hydrogens (primary N) is 1. The van der Waals surface area contributed by atoms with Crippen LogP contribution in [0.3, 0.4) is 0 Å². The fourth-order valence-corrected chi connectivity index (χ4v) is 2.61. The number of aromatic nitrogens is 2. The highest BCUT2D eigenvalue weighted by atomic mass is 79.9. The van der Waals surface area contributed by atoms with Crippen molar-refractivity contribution < 1.29 is 4.79 Å². The van der Waals surface area contributed by atoms with Crippen molar-refractivity contribution >= 4 is 49.1 Å². The normalized spacial score (nSPS) is 10.6. The highest BCUT2D eigenvalue weighted by Crippen LogP contribution is 2.27. The van der Waals surface area contributed by atoms with Gasteiger partial charge in [0.1, 0.15) is 5.69 Å². The van der Waals surface area contributed by atoms with E-state index in [4.69, 9.17) is 5.73 Å². The number of nitrogen functional groups attached to an aromatic ring is 1.